The summed E-state index contributed by atoms with van der Waals surface area (Å²) in [6, 6.07) is 5.32. The first kappa shape index (κ1) is 11.8. The van der Waals surface area contributed by atoms with Gasteiger partial charge >= 0.3 is 0 Å². The van der Waals surface area contributed by atoms with Gasteiger partial charge in [-0.2, -0.15) is 0 Å². The molecule has 15 heavy (non-hydrogen) atoms. The number of benzene rings is 1. The standard InChI is InChI=1S/C12H11BrO2/c1-3-4-5-11(14)10-7-6-9(13)8-12(10)15-2/h6-8H,5H2,1-2H3. The van der Waals surface area contributed by atoms with Crippen molar-refractivity contribution < 1.29 is 9.53 Å². The number of halogens is 1. The summed E-state index contributed by atoms with van der Waals surface area (Å²) in [7, 11) is 1.55. The molecule has 0 radical (unpaired) electrons. The summed E-state index contributed by atoms with van der Waals surface area (Å²) in [5.74, 6) is 6.00. The van der Waals surface area contributed by atoms with Crippen LogP contribution in [0.1, 0.15) is 23.7 Å². The van der Waals surface area contributed by atoms with Crippen LogP contribution in [0.4, 0.5) is 0 Å². The van der Waals surface area contributed by atoms with E-state index in [1.807, 2.05) is 6.07 Å². The smallest absolute Gasteiger partial charge is 0.178 e. The van der Waals surface area contributed by atoms with Gasteiger partial charge in [0, 0.05) is 4.47 Å². The van der Waals surface area contributed by atoms with Gasteiger partial charge in [0.15, 0.2) is 5.78 Å². The monoisotopic (exact) mass is 266 g/mol. The van der Waals surface area contributed by atoms with E-state index in [1.54, 1.807) is 26.2 Å². The molecule has 0 fully saturated rings. The molecule has 3 heteroatoms. The van der Waals surface area contributed by atoms with Gasteiger partial charge in [0.1, 0.15) is 5.75 Å². The minimum absolute atomic E-state index is 0.0197. The van der Waals surface area contributed by atoms with Crippen LogP contribution in [0.5, 0.6) is 5.75 Å². The van der Waals surface area contributed by atoms with Gasteiger partial charge in [-0.1, -0.05) is 21.9 Å². The van der Waals surface area contributed by atoms with Crippen molar-refractivity contribution in [1.82, 2.24) is 0 Å². The average molecular weight is 267 g/mol. The van der Waals surface area contributed by atoms with Gasteiger partial charge in [0.25, 0.3) is 0 Å². The van der Waals surface area contributed by atoms with Gasteiger partial charge in [-0.05, 0) is 25.1 Å². The van der Waals surface area contributed by atoms with E-state index >= 15 is 0 Å². The normalized spacial score (nSPS) is 9.00. The minimum Gasteiger partial charge on any atom is -0.496 e. The van der Waals surface area contributed by atoms with Gasteiger partial charge in [-0.25, -0.2) is 0 Å². The van der Waals surface area contributed by atoms with Crippen LogP contribution in [0.15, 0.2) is 22.7 Å². The van der Waals surface area contributed by atoms with Crippen LogP contribution in [0, 0.1) is 11.8 Å². The third-order valence-corrected chi connectivity index (χ3v) is 2.38. The maximum atomic E-state index is 11.7. The molecule has 0 spiro atoms. The van der Waals surface area contributed by atoms with Crippen LogP contribution < -0.4 is 4.74 Å². The summed E-state index contributed by atoms with van der Waals surface area (Å²) in [6.07, 6.45) is 0.231. The lowest BCUT2D eigenvalue weighted by molar-refractivity contribution is 0.0995. The molecule has 0 aliphatic heterocycles. The lowest BCUT2D eigenvalue weighted by atomic mass is 10.1. The SMILES string of the molecule is CC#CCC(=O)c1ccc(Br)cc1OC. The van der Waals surface area contributed by atoms with Gasteiger partial charge < -0.3 is 4.74 Å². The van der Waals surface area contributed by atoms with Crippen LogP contribution in [0.3, 0.4) is 0 Å². The Morgan fingerprint density at radius 3 is 2.87 bits per heavy atom. The summed E-state index contributed by atoms with van der Waals surface area (Å²) in [4.78, 5) is 11.7. The van der Waals surface area contributed by atoms with Crippen molar-refractivity contribution in [1.29, 1.82) is 0 Å². The van der Waals surface area contributed by atoms with Gasteiger partial charge in [0.05, 0.1) is 19.1 Å². The number of Topliss-reactive ketones (excluding diaryl/α,β-unsaturated/α-hetero) is 1. The Kier molecular flexibility index (Phi) is 4.38. The van der Waals surface area contributed by atoms with Crippen molar-refractivity contribution in [2.24, 2.45) is 0 Å². The van der Waals surface area contributed by atoms with Crippen molar-refractivity contribution >= 4 is 21.7 Å². The molecule has 0 aliphatic rings. The fourth-order valence-electron chi connectivity index (χ4n) is 1.16. The van der Waals surface area contributed by atoms with Crippen LogP contribution >= 0.6 is 15.9 Å². The highest BCUT2D eigenvalue weighted by molar-refractivity contribution is 9.10. The summed E-state index contributed by atoms with van der Waals surface area (Å²) in [5.41, 5.74) is 0.573. The molecule has 0 amide bonds. The second kappa shape index (κ2) is 5.57. The molecule has 0 atom stereocenters. The summed E-state index contributed by atoms with van der Waals surface area (Å²) < 4.78 is 6.01. The lowest BCUT2D eigenvalue weighted by Gasteiger charge is -2.06. The van der Waals surface area contributed by atoms with E-state index < -0.39 is 0 Å². The van der Waals surface area contributed by atoms with Gasteiger partial charge in [-0.3, -0.25) is 4.79 Å². The maximum Gasteiger partial charge on any atom is 0.178 e. The second-order valence-electron chi connectivity index (χ2n) is 2.87. The number of rotatable bonds is 3. The number of carbonyl (C=O) groups is 1. The first-order valence-electron chi connectivity index (χ1n) is 4.45. The average Bonchev–Trinajstić information content (AvgIpc) is 2.25. The molecule has 1 aromatic rings. The third-order valence-electron chi connectivity index (χ3n) is 1.89. The Hall–Kier alpha value is -1.27. The Morgan fingerprint density at radius 1 is 1.53 bits per heavy atom. The van der Waals surface area contributed by atoms with Gasteiger partial charge in [0.2, 0.25) is 0 Å². The molecule has 0 saturated heterocycles. The van der Waals surface area contributed by atoms with E-state index in [4.69, 9.17) is 4.74 Å². The number of carbonyl (C=O) groups excluding carboxylic acids is 1. The zero-order chi connectivity index (χ0) is 11.3. The van der Waals surface area contributed by atoms with E-state index in [0.29, 0.717) is 11.3 Å². The van der Waals surface area contributed by atoms with E-state index in [0.717, 1.165) is 4.47 Å². The second-order valence-corrected chi connectivity index (χ2v) is 3.79. The Bertz CT molecular complexity index is 427. The molecular formula is C12H11BrO2. The molecule has 0 N–H and O–H groups in total. The van der Waals surface area contributed by atoms with E-state index in [2.05, 4.69) is 27.8 Å². The van der Waals surface area contributed by atoms with Crippen molar-refractivity contribution in [2.45, 2.75) is 13.3 Å². The predicted molar refractivity (Wildman–Crippen MR) is 63.1 cm³/mol. The topological polar surface area (TPSA) is 26.3 Å². The fourth-order valence-corrected chi connectivity index (χ4v) is 1.50. The highest BCUT2D eigenvalue weighted by atomic mass is 79.9. The Balaban J connectivity index is 3.01. The Labute approximate surface area is 97.8 Å². The largest absolute Gasteiger partial charge is 0.496 e. The summed E-state index contributed by atoms with van der Waals surface area (Å²) in [5, 5.41) is 0. The number of hydrogen-bond acceptors (Lipinski definition) is 2. The zero-order valence-corrected chi connectivity index (χ0v) is 10.2. The maximum absolute atomic E-state index is 11.7. The number of ether oxygens (including phenoxy) is 1. The molecule has 0 unspecified atom stereocenters. The molecule has 0 aliphatic carbocycles. The lowest BCUT2D eigenvalue weighted by Crippen LogP contribution is -2.00. The molecule has 1 aromatic carbocycles. The highest BCUT2D eigenvalue weighted by Crippen LogP contribution is 2.24. The fraction of sp³-hybridized carbons (Fsp3) is 0.250. The molecule has 0 saturated carbocycles. The molecule has 0 bridgehead atoms. The molecule has 0 heterocycles. The van der Waals surface area contributed by atoms with Crippen molar-refractivity contribution in [3.63, 3.8) is 0 Å². The first-order valence-corrected chi connectivity index (χ1v) is 5.24. The third kappa shape index (κ3) is 3.10. The van der Waals surface area contributed by atoms with Crippen molar-refractivity contribution in [3.05, 3.63) is 28.2 Å². The number of hydrogen-bond donors (Lipinski definition) is 0. The van der Waals surface area contributed by atoms with E-state index in [9.17, 15) is 4.79 Å². The predicted octanol–water partition coefficient (Wildman–Crippen LogP) is 3.05. The van der Waals surface area contributed by atoms with Crippen LogP contribution in [-0.2, 0) is 0 Å². The van der Waals surface area contributed by atoms with Crippen molar-refractivity contribution in [3.8, 4) is 17.6 Å². The summed E-state index contributed by atoms with van der Waals surface area (Å²) >= 11 is 3.32. The number of methoxy groups -OCH3 is 1. The molecule has 78 valence electrons. The first-order chi connectivity index (χ1) is 7.19. The van der Waals surface area contributed by atoms with Gasteiger partial charge in [-0.15, -0.1) is 5.92 Å². The van der Waals surface area contributed by atoms with Crippen LogP contribution in [0.25, 0.3) is 0 Å². The molecular weight excluding hydrogens is 256 g/mol. The van der Waals surface area contributed by atoms with Crippen LogP contribution in [0.2, 0.25) is 0 Å². The minimum atomic E-state index is -0.0197. The van der Waals surface area contributed by atoms with Crippen molar-refractivity contribution in [2.75, 3.05) is 7.11 Å². The molecule has 0 aromatic heterocycles. The molecule has 1 rings (SSSR count). The molecule has 2 nitrogen and oxygen atoms in total. The Morgan fingerprint density at radius 2 is 2.27 bits per heavy atom. The van der Waals surface area contributed by atoms with E-state index in [-0.39, 0.29) is 12.2 Å². The van der Waals surface area contributed by atoms with Crippen LogP contribution in [-0.4, -0.2) is 12.9 Å². The van der Waals surface area contributed by atoms with E-state index in [1.165, 1.54) is 0 Å². The number of ketones is 1. The highest BCUT2D eigenvalue weighted by Gasteiger charge is 2.10. The zero-order valence-electron chi connectivity index (χ0n) is 8.63. The summed E-state index contributed by atoms with van der Waals surface area (Å²) in [6.45, 7) is 1.71. The quantitative estimate of drug-likeness (QED) is 0.621.